The van der Waals surface area contributed by atoms with Crippen LogP contribution in [0.15, 0.2) is 17.0 Å². The predicted molar refractivity (Wildman–Crippen MR) is 83.0 cm³/mol. The van der Waals surface area contributed by atoms with Crippen molar-refractivity contribution in [2.75, 3.05) is 6.61 Å². The largest absolute Gasteiger partial charge is 0.464 e. The second-order valence-corrected chi connectivity index (χ2v) is 6.74. The Hall–Kier alpha value is -1.60. The van der Waals surface area contributed by atoms with E-state index >= 15 is 0 Å². The first-order chi connectivity index (χ1) is 9.93. The molecule has 0 saturated carbocycles. The van der Waals surface area contributed by atoms with Crippen LogP contribution < -0.4 is 0 Å². The first-order valence-corrected chi connectivity index (χ1v) is 8.07. The lowest BCUT2D eigenvalue weighted by molar-refractivity contribution is -0.150. The number of thioether (sulfide) groups is 1. The van der Waals surface area contributed by atoms with E-state index in [1.807, 2.05) is 19.1 Å². The minimum absolute atomic E-state index is 0.212. The van der Waals surface area contributed by atoms with Crippen molar-refractivity contribution < 1.29 is 19.1 Å². The summed E-state index contributed by atoms with van der Waals surface area (Å²) in [5.74, 6) is -1.02. The summed E-state index contributed by atoms with van der Waals surface area (Å²) in [6.07, 6.45) is 1.68. The molecule has 1 aliphatic rings. The molecule has 1 aromatic rings. The van der Waals surface area contributed by atoms with E-state index < -0.39 is 23.2 Å². The van der Waals surface area contributed by atoms with Gasteiger partial charge in [0.15, 0.2) is 0 Å². The molecular weight excluding hydrogens is 310 g/mol. The zero-order valence-corrected chi connectivity index (χ0v) is 13.5. The lowest BCUT2D eigenvalue weighted by atomic mass is 10.3. The lowest BCUT2D eigenvalue weighted by Gasteiger charge is -2.19. The molecule has 0 unspecified atom stereocenters. The predicted octanol–water partition coefficient (Wildman–Crippen LogP) is 3.04. The molecule has 7 heteroatoms. The number of nitrogens with zero attached hydrogens (tertiary/aromatic N) is 1. The summed E-state index contributed by atoms with van der Waals surface area (Å²) in [5, 5.41) is -0.444. The third kappa shape index (κ3) is 3.36. The van der Waals surface area contributed by atoms with Crippen LogP contribution in [0.5, 0.6) is 0 Å². The Morgan fingerprint density at radius 2 is 2.14 bits per heavy atom. The summed E-state index contributed by atoms with van der Waals surface area (Å²) in [5.41, 5.74) is 0. The topological polar surface area (TPSA) is 63.7 Å². The number of carbonyl (C=O) groups excluding carboxylic acids is 3. The van der Waals surface area contributed by atoms with Gasteiger partial charge in [-0.1, -0.05) is 0 Å². The molecule has 5 nitrogen and oxygen atoms in total. The van der Waals surface area contributed by atoms with Crippen LogP contribution in [0.1, 0.15) is 23.6 Å². The molecule has 0 bridgehead atoms. The SMILES string of the molecule is CCOC(=O)[C@@H](C)N1C(=O)S/C(=C\c2ccc(C)s2)C1=O. The van der Waals surface area contributed by atoms with Gasteiger partial charge in [-0.3, -0.25) is 14.5 Å². The Kier molecular flexibility index (Phi) is 4.84. The summed E-state index contributed by atoms with van der Waals surface area (Å²) < 4.78 is 4.86. The number of thiophene rings is 1. The van der Waals surface area contributed by atoms with Crippen molar-refractivity contribution in [1.82, 2.24) is 4.90 Å². The maximum Gasteiger partial charge on any atom is 0.329 e. The second-order valence-electron chi connectivity index (χ2n) is 4.43. The van der Waals surface area contributed by atoms with Gasteiger partial charge in [0.2, 0.25) is 0 Å². The van der Waals surface area contributed by atoms with Crippen LogP contribution in [-0.4, -0.2) is 34.7 Å². The van der Waals surface area contributed by atoms with Crippen LogP contribution in [0.25, 0.3) is 6.08 Å². The molecule has 112 valence electrons. The molecule has 0 spiro atoms. The van der Waals surface area contributed by atoms with E-state index in [1.54, 1.807) is 13.0 Å². The third-order valence-corrected chi connectivity index (χ3v) is 4.70. The molecule has 1 aromatic heterocycles. The molecule has 21 heavy (non-hydrogen) atoms. The summed E-state index contributed by atoms with van der Waals surface area (Å²) in [6, 6.07) is 2.93. The molecule has 2 heterocycles. The highest BCUT2D eigenvalue weighted by Crippen LogP contribution is 2.34. The number of amides is 2. The number of ether oxygens (including phenoxy) is 1. The van der Waals surface area contributed by atoms with E-state index in [2.05, 4.69) is 0 Å². The van der Waals surface area contributed by atoms with Crippen molar-refractivity contribution >= 4 is 46.3 Å². The van der Waals surface area contributed by atoms with Gasteiger partial charge in [0.25, 0.3) is 11.1 Å². The van der Waals surface area contributed by atoms with Crippen molar-refractivity contribution in [3.05, 3.63) is 26.8 Å². The highest BCUT2D eigenvalue weighted by molar-refractivity contribution is 8.18. The number of hydrogen-bond donors (Lipinski definition) is 0. The van der Waals surface area contributed by atoms with Gasteiger partial charge in [-0.2, -0.15) is 0 Å². The highest BCUT2D eigenvalue weighted by atomic mass is 32.2. The van der Waals surface area contributed by atoms with Gasteiger partial charge >= 0.3 is 5.97 Å². The van der Waals surface area contributed by atoms with Crippen LogP contribution in [0, 0.1) is 6.92 Å². The third-order valence-electron chi connectivity index (χ3n) is 2.87. The lowest BCUT2D eigenvalue weighted by Crippen LogP contribution is -2.42. The van der Waals surface area contributed by atoms with Gasteiger partial charge in [0.1, 0.15) is 6.04 Å². The van der Waals surface area contributed by atoms with Gasteiger partial charge < -0.3 is 4.74 Å². The van der Waals surface area contributed by atoms with E-state index in [9.17, 15) is 14.4 Å². The van der Waals surface area contributed by atoms with Crippen LogP contribution >= 0.6 is 23.1 Å². The monoisotopic (exact) mass is 325 g/mol. The first kappa shape index (κ1) is 15.8. The van der Waals surface area contributed by atoms with Crippen molar-refractivity contribution in [2.24, 2.45) is 0 Å². The van der Waals surface area contributed by atoms with Crippen molar-refractivity contribution in [3.8, 4) is 0 Å². The Bertz CT molecular complexity index is 620. The van der Waals surface area contributed by atoms with Gasteiger partial charge in [-0.25, -0.2) is 4.79 Å². The number of esters is 1. The standard InChI is InChI=1S/C14H15NO4S2/c1-4-19-13(17)9(3)15-12(16)11(21-14(15)18)7-10-6-5-8(2)20-10/h5-7,9H,4H2,1-3H3/b11-7-/t9-/m1/s1. The average molecular weight is 325 g/mol. The summed E-state index contributed by atoms with van der Waals surface area (Å²) in [4.78, 5) is 39.3. The Morgan fingerprint density at radius 3 is 2.71 bits per heavy atom. The molecule has 2 amide bonds. The van der Waals surface area contributed by atoms with E-state index in [0.717, 1.165) is 26.4 Å². The zero-order valence-electron chi connectivity index (χ0n) is 11.9. The van der Waals surface area contributed by atoms with Gasteiger partial charge in [0, 0.05) is 9.75 Å². The molecule has 1 fully saturated rings. The maximum absolute atomic E-state index is 12.3. The van der Waals surface area contributed by atoms with Crippen LogP contribution in [-0.2, 0) is 14.3 Å². The maximum atomic E-state index is 12.3. The normalized spacial score (nSPS) is 18.4. The Morgan fingerprint density at radius 1 is 1.43 bits per heavy atom. The van der Waals surface area contributed by atoms with Crippen LogP contribution in [0.2, 0.25) is 0 Å². The molecule has 2 rings (SSSR count). The molecule has 1 atom stereocenters. The number of carbonyl (C=O) groups is 3. The molecular formula is C14H15NO4S2. The fourth-order valence-electron chi connectivity index (χ4n) is 1.84. The fraction of sp³-hybridized carbons (Fsp3) is 0.357. The van der Waals surface area contributed by atoms with Crippen molar-refractivity contribution in [1.29, 1.82) is 0 Å². The van der Waals surface area contributed by atoms with Gasteiger partial charge in [0.05, 0.1) is 11.5 Å². The van der Waals surface area contributed by atoms with Crippen LogP contribution in [0.3, 0.4) is 0 Å². The minimum atomic E-state index is -0.909. The molecule has 0 N–H and O–H groups in total. The summed E-state index contributed by atoms with van der Waals surface area (Å²) in [7, 11) is 0. The highest BCUT2D eigenvalue weighted by Gasteiger charge is 2.41. The van der Waals surface area contributed by atoms with Crippen molar-refractivity contribution in [3.63, 3.8) is 0 Å². The Balaban J connectivity index is 2.20. The second kappa shape index (κ2) is 6.44. The Labute approximate surface area is 131 Å². The van der Waals surface area contributed by atoms with Gasteiger partial charge in [-0.15, -0.1) is 11.3 Å². The molecule has 1 aliphatic heterocycles. The average Bonchev–Trinajstić information content (AvgIpc) is 2.94. The number of aryl methyl sites for hydroxylation is 1. The molecule has 0 aromatic carbocycles. The van der Waals surface area contributed by atoms with E-state index in [-0.39, 0.29) is 6.61 Å². The fourth-order valence-corrected chi connectivity index (χ4v) is 3.64. The molecule has 0 aliphatic carbocycles. The quantitative estimate of drug-likeness (QED) is 0.629. The summed E-state index contributed by atoms with van der Waals surface area (Å²) in [6.45, 7) is 5.35. The first-order valence-electron chi connectivity index (χ1n) is 6.44. The zero-order chi connectivity index (χ0) is 15.6. The van der Waals surface area contributed by atoms with Crippen LogP contribution in [0.4, 0.5) is 4.79 Å². The summed E-state index contributed by atoms with van der Waals surface area (Å²) >= 11 is 2.39. The number of imide groups is 1. The van der Waals surface area contributed by atoms with Crippen molar-refractivity contribution in [2.45, 2.75) is 26.8 Å². The number of rotatable bonds is 4. The molecule has 1 saturated heterocycles. The van der Waals surface area contributed by atoms with E-state index in [0.29, 0.717) is 4.91 Å². The smallest absolute Gasteiger partial charge is 0.329 e. The van der Waals surface area contributed by atoms with E-state index in [4.69, 9.17) is 4.74 Å². The molecule has 0 radical (unpaired) electrons. The van der Waals surface area contributed by atoms with E-state index in [1.165, 1.54) is 18.3 Å². The minimum Gasteiger partial charge on any atom is -0.464 e. The number of hydrogen-bond acceptors (Lipinski definition) is 6. The van der Waals surface area contributed by atoms with Gasteiger partial charge in [-0.05, 0) is 50.7 Å².